The first-order valence-corrected chi connectivity index (χ1v) is 5.19. The fourth-order valence-corrected chi connectivity index (χ4v) is 1.52. The molecule has 1 rings (SSSR count). The van der Waals surface area contributed by atoms with E-state index in [1.165, 1.54) is 0 Å². The van der Waals surface area contributed by atoms with Crippen LogP contribution in [0.2, 0.25) is 0 Å². The molecule has 0 saturated carbocycles. The molecule has 1 saturated heterocycles. The number of hydrogen-bond acceptors (Lipinski definition) is 3. The van der Waals surface area contributed by atoms with Crippen molar-refractivity contribution in [2.75, 3.05) is 32.8 Å². The van der Waals surface area contributed by atoms with Gasteiger partial charge in [-0.15, -0.1) is 0 Å². The standard InChI is InChI=1S/C10H20N2O/c1-2-10(11)4-3-5-12-6-8-13-9-7-12/h11H,2-9H2,1H3. The number of nitrogens with zero attached hydrogens (tertiary/aromatic N) is 1. The van der Waals surface area contributed by atoms with Crippen LogP contribution in [0, 0.1) is 5.41 Å². The van der Waals surface area contributed by atoms with E-state index in [2.05, 4.69) is 11.8 Å². The molecule has 0 spiro atoms. The zero-order valence-electron chi connectivity index (χ0n) is 8.51. The summed E-state index contributed by atoms with van der Waals surface area (Å²) in [5.74, 6) is 0. The molecule has 0 bridgehead atoms. The third-order valence-corrected chi connectivity index (χ3v) is 2.48. The van der Waals surface area contributed by atoms with Crippen LogP contribution in [0.4, 0.5) is 0 Å². The topological polar surface area (TPSA) is 36.3 Å². The van der Waals surface area contributed by atoms with Crippen molar-refractivity contribution >= 4 is 5.71 Å². The van der Waals surface area contributed by atoms with Gasteiger partial charge in [0.05, 0.1) is 13.2 Å². The molecule has 3 heteroatoms. The summed E-state index contributed by atoms with van der Waals surface area (Å²) in [7, 11) is 0. The van der Waals surface area contributed by atoms with Crippen LogP contribution in [0.5, 0.6) is 0 Å². The van der Waals surface area contributed by atoms with Gasteiger partial charge in [-0.2, -0.15) is 0 Å². The van der Waals surface area contributed by atoms with Gasteiger partial charge >= 0.3 is 0 Å². The highest BCUT2D eigenvalue weighted by molar-refractivity contribution is 5.80. The minimum absolute atomic E-state index is 0.880. The predicted octanol–water partition coefficient (Wildman–Crippen LogP) is 1.53. The highest BCUT2D eigenvalue weighted by atomic mass is 16.5. The third kappa shape index (κ3) is 4.39. The number of morpholine rings is 1. The largest absolute Gasteiger partial charge is 0.379 e. The second-order valence-electron chi connectivity index (χ2n) is 3.51. The van der Waals surface area contributed by atoms with Crippen LogP contribution >= 0.6 is 0 Å². The third-order valence-electron chi connectivity index (χ3n) is 2.48. The second-order valence-corrected chi connectivity index (χ2v) is 3.51. The van der Waals surface area contributed by atoms with Gasteiger partial charge in [-0.3, -0.25) is 4.90 Å². The van der Waals surface area contributed by atoms with Crippen molar-refractivity contribution in [3.63, 3.8) is 0 Å². The van der Waals surface area contributed by atoms with Crippen molar-refractivity contribution in [1.29, 1.82) is 5.41 Å². The van der Waals surface area contributed by atoms with E-state index in [1.807, 2.05) is 0 Å². The first-order chi connectivity index (χ1) is 6.33. The summed E-state index contributed by atoms with van der Waals surface area (Å²) in [6, 6.07) is 0. The second kappa shape index (κ2) is 6.11. The summed E-state index contributed by atoms with van der Waals surface area (Å²) in [6.07, 6.45) is 3.00. The van der Waals surface area contributed by atoms with E-state index in [0.29, 0.717) is 0 Å². The van der Waals surface area contributed by atoms with Gasteiger partial charge in [0.25, 0.3) is 0 Å². The summed E-state index contributed by atoms with van der Waals surface area (Å²) in [5, 5.41) is 7.51. The molecule has 0 unspecified atom stereocenters. The predicted molar refractivity (Wildman–Crippen MR) is 54.5 cm³/mol. The molecule has 1 fully saturated rings. The Balaban J connectivity index is 2.01. The Morgan fingerprint density at radius 3 is 2.69 bits per heavy atom. The summed E-state index contributed by atoms with van der Waals surface area (Å²) in [5.41, 5.74) is 0.883. The van der Waals surface area contributed by atoms with Crippen LogP contribution in [0.1, 0.15) is 26.2 Å². The Labute approximate surface area is 80.6 Å². The lowest BCUT2D eigenvalue weighted by molar-refractivity contribution is 0.0376. The van der Waals surface area contributed by atoms with E-state index in [4.69, 9.17) is 10.1 Å². The van der Waals surface area contributed by atoms with E-state index >= 15 is 0 Å². The molecule has 76 valence electrons. The minimum atomic E-state index is 0.880. The van der Waals surface area contributed by atoms with E-state index in [1.54, 1.807) is 0 Å². The summed E-state index contributed by atoms with van der Waals surface area (Å²) >= 11 is 0. The number of ether oxygens (including phenoxy) is 1. The van der Waals surface area contributed by atoms with Crippen LogP contribution < -0.4 is 0 Å². The monoisotopic (exact) mass is 184 g/mol. The lowest BCUT2D eigenvalue weighted by Gasteiger charge is -2.26. The van der Waals surface area contributed by atoms with Crippen molar-refractivity contribution in [1.82, 2.24) is 4.90 Å². The quantitative estimate of drug-likeness (QED) is 0.658. The van der Waals surface area contributed by atoms with E-state index in [-0.39, 0.29) is 0 Å². The molecule has 1 aliphatic rings. The molecular weight excluding hydrogens is 164 g/mol. The van der Waals surface area contributed by atoms with Crippen LogP contribution in [0.3, 0.4) is 0 Å². The minimum Gasteiger partial charge on any atom is -0.379 e. The molecule has 1 heterocycles. The van der Waals surface area contributed by atoms with Gasteiger partial charge in [-0.25, -0.2) is 0 Å². The Kier molecular flexibility index (Phi) is 5.01. The Bertz CT molecular complexity index is 153. The molecule has 1 aliphatic heterocycles. The van der Waals surface area contributed by atoms with Gasteiger partial charge in [-0.1, -0.05) is 6.92 Å². The molecule has 0 atom stereocenters. The molecule has 0 aliphatic carbocycles. The first-order valence-electron chi connectivity index (χ1n) is 5.19. The summed E-state index contributed by atoms with van der Waals surface area (Å²) in [4.78, 5) is 2.42. The molecule has 13 heavy (non-hydrogen) atoms. The maximum absolute atomic E-state index is 7.51. The highest BCUT2D eigenvalue weighted by Gasteiger charge is 2.09. The summed E-state index contributed by atoms with van der Waals surface area (Å²) < 4.78 is 5.26. The fraction of sp³-hybridized carbons (Fsp3) is 0.900. The average molecular weight is 184 g/mol. The maximum atomic E-state index is 7.51. The van der Waals surface area contributed by atoms with Gasteiger partial charge in [-0.05, 0) is 25.8 Å². The Morgan fingerprint density at radius 1 is 1.38 bits per heavy atom. The van der Waals surface area contributed by atoms with E-state index in [0.717, 1.165) is 57.8 Å². The normalized spacial score (nSPS) is 18.8. The van der Waals surface area contributed by atoms with Gasteiger partial charge in [0.2, 0.25) is 0 Å². The molecule has 0 aromatic rings. The fourth-order valence-electron chi connectivity index (χ4n) is 1.52. The van der Waals surface area contributed by atoms with Crippen molar-refractivity contribution in [2.45, 2.75) is 26.2 Å². The maximum Gasteiger partial charge on any atom is 0.0594 e. The van der Waals surface area contributed by atoms with Crippen molar-refractivity contribution in [3.05, 3.63) is 0 Å². The first kappa shape index (κ1) is 10.7. The van der Waals surface area contributed by atoms with Crippen LogP contribution in [0.25, 0.3) is 0 Å². The van der Waals surface area contributed by atoms with E-state index < -0.39 is 0 Å². The van der Waals surface area contributed by atoms with Crippen LogP contribution in [0.15, 0.2) is 0 Å². The summed E-state index contributed by atoms with van der Waals surface area (Å²) in [6.45, 7) is 7.08. The van der Waals surface area contributed by atoms with Gasteiger partial charge in [0, 0.05) is 18.8 Å². The molecule has 0 radical (unpaired) electrons. The highest BCUT2D eigenvalue weighted by Crippen LogP contribution is 2.01. The lowest BCUT2D eigenvalue weighted by Crippen LogP contribution is -2.36. The smallest absolute Gasteiger partial charge is 0.0594 e. The number of rotatable bonds is 5. The van der Waals surface area contributed by atoms with E-state index in [9.17, 15) is 0 Å². The van der Waals surface area contributed by atoms with Crippen LogP contribution in [-0.4, -0.2) is 43.5 Å². The van der Waals surface area contributed by atoms with Crippen molar-refractivity contribution in [3.8, 4) is 0 Å². The SMILES string of the molecule is CCC(=N)CCCN1CCOCC1. The van der Waals surface area contributed by atoms with Crippen LogP contribution in [-0.2, 0) is 4.74 Å². The molecule has 3 nitrogen and oxygen atoms in total. The zero-order chi connectivity index (χ0) is 9.52. The number of nitrogens with one attached hydrogen (secondary N) is 1. The molecular formula is C10H20N2O. The molecule has 0 aromatic heterocycles. The molecule has 1 N–H and O–H groups in total. The van der Waals surface area contributed by atoms with Gasteiger partial charge in [0.15, 0.2) is 0 Å². The average Bonchev–Trinajstić information content (AvgIpc) is 2.19. The Morgan fingerprint density at radius 2 is 2.08 bits per heavy atom. The molecule has 0 aromatic carbocycles. The van der Waals surface area contributed by atoms with Gasteiger partial charge in [0.1, 0.15) is 0 Å². The van der Waals surface area contributed by atoms with Crippen molar-refractivity contribution < 1.29 is 4.74 Å². The zero-order valence-corrected chi connectivity index (χ0v) is 8.51. The Hall–Kier alpha value is -0.410. The van der Waals surface area contributed by atoms with Crippen molar-refractivity contribution in [2.24, 2.45) is 0 Å². The molecule has 0 amide bonds. The lowest BCUT2D eigenvalue weighted by atomic mass is 10.1. The van der Waals surface area contributed by atoms with Gasteiger partial charge < -0.3 is 10.1 Å². The number of hydrogen-bond donors (Lipinski definition) is 1.